The average Bonchev–Trinajstić information content (AvgIpc) is 2.59. The molecule has 0 aliphatic carbocycles. The molecule has 15 heavy (non-hydrogen) atoms. The van der Waals surface area contributed by atoms with E-state index in [1.807, 2.05) is 6.92 Å². The van der Waals surface area contributed by atoms with Crippen molar-refractivity contribution < 1.29 is 4.92 Å². The monoisotopic (exact) mass is 205 g/mol. The van der Waals surface area contributed by atoms with Gasteiger partial charge in [0.15, 0.2) is 5.52 Å². The number of fused-ring (bicyclic) bond motifs is 1. The molecular formula is C10H11N3O2. The number of imidazole rings is 1. The number of non-ortho nitro benzene ring substituents is 1. The van der Waals surface area contributed by atoms with Gasteiger partial charge in [0.25, 0.3) is 5.69 Å². The van der Waals surface area contributed by atoms with Gasteiger partial charge < -0.3 is 4.98 Å². The molecule has 0 amide bonds. The first-order valence-electron chi connectivity index (χ1n) is 4.84. The highest BCUT2D eigenvalue weighted by Crippen LogP contribution is 2.23. The molecule has 0 aliphatic rings. The second-order valence-corrected chi connectivity index (χ2v) is 3.36. The maximum absolute atomic E-state index is 10.7. The van der Waals surface area contributed by atoms with Crippen LogP contribution >= 0.6 is 0 Å². The number of hydrogen-bond donors (Lipinski definition) is 1. The van der Waals surface area contributed by atoms with Crippen molar-refractivity contribution in [1.29, 1.82) is 0 Å². The van der Waals surface area contributed by atoms with Crippen molar-refractivity contribution in [3.05, 3.63) is 34.1 Å². The molecule has 0 atom stereocenters. The van der Waals surface area contributed by atoms with Gasteiger partial charge >= 0.3 is 0 Å². The van der Waals surface area contributed by atoms with Crippen LogP contribution in [0.3, 0.4) is 0 Å². The quantitative estimate of drug-likeness (QED) is 0.617. The van der Waals surface area contributed by atoms with Crippen molar-refractivity contribution in [1.82, 2.24) is 9.97 Å². The van der Waals surface area contributed by atoms with Crippen molar-refractivity contribution >= 4 is 16.7 Å². The Bertz CT molecular complexity index is 504. The second-order valence-electron chi connectivity index (χ2n) is 3.36. The van der Waals surface area contributed by atoms with E-state index in [2.05, 4.69) is 9.97 Å². The Hall–Kier alpha value is -1.91. The lowest BCUT2D eigenvalue weighted by Gasteiger charge is -1.90. The van der Waals surface area contributed by atoms with E-state index in [1.54, 1.807) is 12.1 Å². The van der Waals surface area contributed by atoms with Crippen LogP contribution in [-0.4, -0.2) is 14.9 Å². The first-order chi connectivity index (χ1) is 7.22. The predicted octanol–water partition coefficient (Wildman–Crippen LogP) is 2.42. The topological polar surface area (TPSA) is 71.8 Å². The van der Waals surface area contributed by atoms with Gasteiger partial charge in [0.1, 0.15) is 5.82 Å². The molecule has 0 bridgehead atoms. The summed E-state index contributed by atoms with van der Waals surface area (Å²) in [6.07, 6.45) is 1.78. The van der Waals surface area contributed by atoms with Crippen LogP contribution in [-0.2, 0) is 6.42 Å². The molecule has 0 radical (unpaired) electrons. The van der Waals surface area contributed by atoms with Gasteiger partial charge in [-0.05, 0) is 12.5 Å². The standard InChI is InChI=1S/C10H11N3O2/c1-2-4-9-11-7-5-3-6-8(13(14)15)10(7)12-9/h3,5-6H,2,4H2,1H3,(H,11,12). The molecule has 0 fully saturated rings. The molecule has 1 N–H and O–H groups in total. The maximum atomic E-state index is 10.7. The smallest absolute Gasteiger partial charge is 0.297 e. The molecule has 0 saturated heterocycles. The minimum absolute atomic E-state index is 0.0612. The molecule has 78 valence electrons. The number of H-pyrrole nitrogens is 1. The third-order valence-corrected chi connectivity index (χ3v) is 2.22. The number of nitro groups is 1. The first-order valence-corrected chi connectivity index (χ1v) is 4.84. The number of nitro benzene ring substituents is 1. The molecule has 5 heteroatoms. The van der Waals surface area contributed by atoms with Crippen LogP contribution in [0, 0.1) is 10.1 Å². The summed E-state index contributed by atoms with van der Waals surface area (Å²) in [5.74, 6) is 0.807. The molecule has 0 unspecified atom stereocenters. The average molecular weight is 205 g/mol. The highest BCUT2D eigenvalue weighted by molar-refractivity contribution is 5.84. The summed E-state index contributed by atoms with van der Waals surface area (Å²) in [6, 6.07) is 4.93. The summed E-state index contributed by atoms with van der Waals surface area (Å²) in [7, 11) is 0. The molecule has 1 aromatic heterocycles. The van der Waals surface area contributed by atoms with Gasteiger partial charge in [0.05, 0.1) is 10.4 Å². The van der Waals surface area contributed by atoms with Crippen molar-refractivity contribution in [2.45, 2.75) is 19.8 Å². The molecule has 2 rings (SSSR count). The molecule has 0 saturated carbocycles. The number of aromatic amines is 1. The third kappa shape index (κ3) is 1.68. The highest BCUT2D eigenvalue weighted by Gasteiger charge is 2.14. The number of rotatable bonds is 3. The van der Waals surface area contributed by atoms with Gasteiger partial charge in [-0.1, -0.05) is 13.0 Å². The number of hydrogen-bond acceptors (Lipinski definition) is 3. The van der Waals surface area contributed by atoms with Gasteiger partial charge in [-0.25, -0.2) is 4.98 Å². The Morgan fingerprint density at radius 3 is 3.00 bits per heavy atom. The van der Waals surface area contributed by atoms with Gasteiger partial charge in [-0.3, -0.25) is 10.1 Å². The normalized spacial score (nSPS) is 10.7. The Morgan fingerprint density at radius 1 is 1.53 bits per heavy atom. The number of nitrogens with zero attached hydrogens (tertiary/aromatic N) is 2. The SMILES string of the molecule is CCCc1nc2c([N+](=O)[O-])cccc2[nH]1. The van der Waals surface area contributed by atoms with E-state index in [4.69, 9.17) is 0 Å². The zero-order valence-corrected chi connectivity index (χ0v) is 8.36. The van der Waals surface area contributed by atoms with E-state index >= 15 is 0 Å². The van der Waals surface area contributed by atoms with Crippen LogP contribution in [0.5, 0.6) is 0 Å². The summed E-state index contributed by atoms with van der Waals surface area (Å²) in [6.45, 7) is 2.04. The fourth-order valence-corrected chi connectivity index (χ4v) is 1.57. The fourth-order valence-electron chi connectivity index (χ4n) is 1.57. The van der Waals surface area contributed by atoms with Crippen LogP contribution in [0.4, 0.5) is 5.69 Å². The third-order valence-electron chi connectivity index (χ3n) is 2.22. The maximum Gasteiger partial charge on any atom is 0.297 e. The number of aromatic nitrogens is 2. The zero-order chi connectivity index (χ0) is 10.8. The minimum atomic E-state index is -0.404. The summed E-state index contributed by atoms with van der Waals surface area (Å²) in [4.78, 5) is 17.6. The predicted molar refractivity (Wildman–Crippen MR) is 56.7 cm³/mol. The van der Waals surface area contributed by atoms with E-state index < -0.39 is 4.92 Å². The molecule has 0 spiro atoms. The molecule has 1 heterocycles. The molecular weight excluding hydrogens is 194 g/mol. The molecule has 1 aromatic carbocycles. The summed E-state index contributed by atoms with van der Waals surface area (Å²) in [5, 5.41) is 10.7. The lowest BCUT2D eigenvalue weighted by atomic mass is 10.3. The van der Waals surface area contributed by atoms with Crippen molar-refractivity contribution in [2.24, 2.45) is 0 Å². The van der Waals surface area contributed by atoms with E-state index in [1.165, 1.54) is 6.07 Å². The second kappa shape index (κ2) is 3.68. The van der Waals surface area contributed by atoms with Gasteiger partial charge in [-0.2, -0.15) is 0 Å². The Kier molecular flexibility index (Phi) is 2.37. The number of aryl methyl sites for hydroxylation is 1. The van der Waals surface area contributed by atoms with E-state index in [9.17, 15) is 10.1 Å². The Morgan fingerprint density at radius 2 is 2.33 bits per heavy atom. The van der Waals surface area contributed by atoms with Crippen LogP contribution < -0.4 is 0 Å². The van der Waals surface area contributed by atoms with Crippen molar-refractivity contribution in [3.63, 3.8) is 0 Å². The lowest BCUT2D eigenvalue weighted by molar-refractivity contribution is -0.383. The number of nitrogens with one attached hydrogen (secondary N) is 1. The summed E-state index contributed by atoms with van der Waals surface area (Å²) >= 11 is 0. The van der Waals surface area contributed by atoms with Crippen molar-refractivity contribution in [2.75, 3.05) is 0 Å². The summed E-state index contributed by atoms with van der Waals surface area (Å²) < 4.78 is 0. The molecule has 5 nitrogen and oxygen atoms in total. The van der Waals surface area contributed by atoms with Crippen LogP contribution in [0.25, 0.3) is 11.0 Å². The number of para-hydroxylation sites is 1. The Balaban J connectivity index is 2.59. The lowest BCUT2D eigenvalue weighted by Crippen LogP contribution is -1.89. The van der Waals surface area contributed by atoms with Crippen LogP contribution in [0.15, 0.2) is 18.2 Å². The van der Waals surface area contributed by atoms with Crippen molar-refractivity contribution in [3.8, 4) is 0 Å². The van der Waals surface area contributed by atoms with E-state index in [0.29, 0.717) is 5.52 Å². The van der Waals surface area contributed by atoms with Crippen LogP contribution in [0.2, 0.25) is 0 Å². The van der Waals surface area contributed by atoms with Crippen LogP contribution in [0.1, 0.15) is 19.2 Å². The molecule has 0 aliphatic heterocycles. The van der Waals surface area contributed by atoms with E-state index in [-0.39, 0.29) is 5.69 Å². The first kappa shape index (κ1) is 9.64. The zero-order valence-electron chi connectivity index (χ0n) is 8.36. The number of benzene rings is 1. The minimum Gasteiger partial charge on any atom is -0.342 e. The molecule has 2 aromatic rings. The van der Waals surface area contributed by atoms with Gasteiger partial charge in [0.2, 0.25) is 0 Å². The Labute approximate surface area is 86.3 Å². The highest BCUT2D eigenvalue weighted by atomic mass is 16.6. The fraction of sp³-hybridized carbons (Fsp3) is 0.300. The van der Waals surface area contributed by atoms with E-state index in [0.717, 1.165) is 24.2 Å². The van der Waals surface area contributed by atoms with Gasteiger partial charge in [0, 0.05) is 12.5 Å². The summed E-state index contributed by atoms with van der Waals surface area (Å²) in [5.41, 5.74) is 1.24. The van der Waals surface area contributed by atoms with Gasteiger partial charge in [-0.15, -0.1) is 0 Å². The largest absolute Gasteiger partial charge is 0.342 e.